The molecule has 72 heavy (non-hydrogen) atoms. The molecule has 0 atom stereocenters. The molecule has 12 aromatic rings. The van der Waals surface area contributed by atoms with E-state index in [9.17, 15) is 0 Å². The number of benzene rings is 9. The van der Waals surface area contributed by atoms with Gasteiger partial charge < -0.3 is 0 Å². The molecular weight excluding hydrogens is 877 g/mol. The van der Waals surface area contributed by atoms with Crippen molar-refractivity contribution in [2.24, 2.45) is 0 Å². The maximum absolute atomic E-state index is 5.28. The Bertz CT molecular complexity index is 3820. The molecule has 9 aromatic carbocycles. The van der Waals surface area contributed by atoms with Crippen LogP contribution in [0.25, 0.3) is 107 Å². The molecule has 0 aliphatic carbocycles. The number of aromatic nitrogens is 6. The summed E-state index contributed by atoms with van der Waals surface area (Å²) < 4.78 is 6.66. The first-order valence-corrected chi connectivity index (χ1v) is 24.5. The second-order valence-electron chi connectivity index (χ2n) is 18.1. The van der Waals surface area contributed by atoms with Gasteiger partial charge in [-0.15, -0.1) is 0 Å². The van der Waals surface area contributed by atoms with Crippen molar-refractivity contribution in [1.82, 2.24) is 28.9 Å². The summed E-state index contributed by atoms with van der Waals surface area (Å²) in [5, 5.41) is 5.28. The summed E-state index contributed by atoms with van der Waals surface area (Å²) in [4.78, 5) is 10.5. The predicted octanol–water partition coefficient (Wildman–Crippen LogP) is 16.5. The second-order valence-corrected chi connectivity index (χ2v) is 18.1. The summed E-state index contributed by atoms with van der Waals surface area (Å²) in [6.07, 6.45) is 0. The van der Waals surface area contributed by atoms with Crippen LogP contribution in [0.15, 0.2) is 249 Å². The Kier molecular flexibility index (Phi) is 11.5. The fourth-order valence-electron chi connectivity index (χ4n) is 10.2. The van der Waals surface area contributed by atoms with Crippen molar-refractivity contribution >= 4 is 0 Å². The fraction of sp³-hybridized carbons (Fsp3) is 0.0455. The summed E-state index contributed by atoms with van der Waals surface area (Å²) >= 11 is 0. The first kappa shape index (κ1) is 43.9. The number of aryl methyl sites for hydroxylation is 2. The SMILES string of the molecule is Cc1nn(-c2ccccc2)c(-c2ccccc2)c1-c1ccc(-c2ccc(-n3c(-c4ccccc4)nc(-c4ccccc4)c3C)cc2)cc1-c1ccc(-c2c(-c3ccccc3)nc(C)n2-c2ccccc2)cc1. The van der Waals surface area contributed by atoms with Crippen molar-refractivity contribution in [1.29, 1.82) is 0 Å². The molecule has 0 aliphatic heterocycles. The van der Waals surface area contributed by atoms with E-state index in [4.69, 9.17) is 15.1 Å². The van der Waals surface area contributed by atoms with Crippen molar-refractivity contribution in [3.05, 3.63) is 266 Å². The quantitative estimate of drug-likeness (QED) is 0.130. The lowest BCUT2D eigenvalue weighted by Gasteiger charge is -2.17. The highest BCUT2D eigenvalue weighted by Gasteiger charge is 2.25. The number of hydrogen-bond donors (Lipinski definition) is 0. The summed E-state index contributed by atoms with van der Waals surface area (Å²) in [6, 6.07) is 87.8. The lowest BCUT2D eigenvalue weighted by atomic mass is 9.88. The highest BCUT2D eigenvalue weighted by Crippen LogP contribution is 2.44. The zero-order valence-electron chi connectivity index (χ0n) is 40.4. The third-order valence-corrected chi connectivity index (χ3v) is 13.6. The molecule has 0 saturated carbocycles. The lowest BCUT2D eigenvalue weighted by Crippen LogP contribution is -2.00. The summed E-state index contributed by atoms with van der Waals surface area (Å²) in [6.45, 7) is 6.38. The van der Waals surface area contributed by atoms with Crippen molar-refractivity contribution < 1.29 is 0 Å². The molecule has 0 amide bonds. The Labute approximate surface area is 420 Å². The van der Waals surface area contributed by atoms with Gasteiger partial charge in [0, 0.05) is 50.4 Å². The molecule has 12 rings (SSSR count). The largest absolute Gasteiger partial charge is 0.296 e. The number of rotatable bonds is 11. The molecule has 0 radical (unpaired) electrons. The minimum absolute atomic E-state index is 0.910. The Morgan fingerprint density at radius 2 is 0.778 bits per heavy atom. The minimum atomic E-state index is 0.910. The molecule has 344 valence electrons. The van der Waals surface area contributed by atoms with Gasteiger partial charge in [-0.1, -0.05) is 206 Å². The minimum Gasteiger partial charge on any atom is -0.296 e. The molecule has 0 fully saturated rings. The van der Waals surface area contributed by atoms with Gasteiger partial charge in [0.25, 0.3) is 0 Å². The summed E-state index contributed by atoms with van der Waals surface area (Å²) in [5.74, 6) is 1.84. The van der Waals surface area contributed by atoms with Gasteiger partial charge in [0.15, 0.2) is 0 Å². The van der Waals surface area contributed by atoms with E-state index in [0.717, 1.165) is 124 Å². The Morgan fingerprint density at radius 3 is 1.38 bits per heavy atom. The van der Waals surface area contributed by atoms with Gasteiger partial charge in [-0.25, -0.2) is 14.6 Å². The lowest BCUT2D eigenvalue weighted by molar-refractivity contribution is 0.869. The van der Waals surface area contributed by atoms with Crippen LogP contribution >= 0.6 is 0 Å². The molecule has 0 bridgehead atoms. The van der Waals surface area contributed by atoms with Crippen molar-refractivity contribution in [2.75, 3.05) is 0 Å². The standard InChI is InChI=1S/C66H50N6/c1-45-61(64(52-26-14-6-15-27-52)72(69-45)58-32-20-9-21-33-58)59-43-40-55(48-38-41-57(42-39-48)70-46(2)62(50-22-10-4-11-23-50)68-66(70)54-28-16-7-17-29-54)44-60(59)49-34-36-53(37-35-49)65-63(51-24-12-5-13-25-51)67-47(3)71(65)56-30-18-8-19-31-56/h4-44H,1-3H3. The van der Waals surface area contributed by atoms with Crippen LogP contribution in [0.4, 0.5) is 0 Å². The van der Waals surface area contributed by atoms with Gasteiger partial charge >= 0.3 is 0 Å². The van der Waals surface area contributed by atoms with E-state index < -0.39 is 0 Å². The van der Waals surface area contributed by atoms with Crippen LogP contribution in [0, 0.1) is 20.8 Å². The third-order valence-electron chi connectivity index (χ3n) is 13.6. The molecule has 0 unspecified atom stereocenters. The summed E-state index contributed by atoms with van der Waals surface area (Å²) in [5.41, 5.74) is 21.2. The average Bonchev–Trinajstić information content (AvgIpc) is 4.12. The number of nitrogens with zero attached hydrogens (tertiary/aromatic N) is 6. The molecule has 0 spiro atoms. The molecule has 6 nitrogen and oxygen atoms in total. The van der Waals surface area contributed by atoms with Gasteiger partial charge in [-0.3, -0.25) is 9.13 Å². The van der Waals surface area contributed by atoms with E-state index in [1.807, 2.05) is 18.2 Å². The second kappa shape index (κ2) is 18.8. The number of imidazole rings is 2. The number of hydrogen-bond acceptors (Lipinski definition) is 3. The van der Waals surface area contributed by atoms with Crippen molar-refractivity contribution in [3.8, 4) is 107 Å². The fourth-order valence-corrected chi connectivity index (χ4v) is 10.2. The van der Waals surface area contributed by atoms with Gasteiger partial charge in [-0.2, -0.15) is 5.10 Å². The maximum Gasteiger partial charge on any atom is 0.145 e. The average molecular weight is 927 g/mol. The molecule has 3 heterocycles. The van der Waals surface area contributed by atoms with E-state index in [1.165, 1.54) is 0 Å². The van der Waals surface area contributed by atoms with Crippen LogP contribution in [0.2, 0.25) is 0 Å². The van der Waals surface area contributed by atoms with E-state index in [-0.39, 0.29) is 0 Å². The van der Waals surface area contributed by atoms with Gasteiger partial charge in [-0.05, 0) is 91.1 Å². The van der Waals surface area contributed by atoms with Crippen LogP contribution in [-0.4, -0.2) is 28.9 Å². The maximum atomic E-state index is 5.28. The predicted molar refractivity (Wildman–Crippen MR) is 296 cm³/mol. The topological polar surface area (TPSA) is 53.5 Å². The molecule has 6 heteroatoms. The molecular formula is C66H50N6. The van der Waals surface area contributed by atoms with Gasteiger partial charge in [0.05, 0.1) is 34.2 Å². The van der Waals surface area contributed by atoms with E-state index in [0.29, 0.717) is 0 Å². The van der Waals surface area contributed by atoms with Crippen LogP contribution in [0.5, 0.6) is 0 Å². The van der Waals surface area contributed by atoms with Gasteiger partial charge in [0.2, 0.25) is 0 Å². The van der Waals surface area contributed by atoms with Crippen molar-refractivity contribution in [2.45, 2.75) is 20.8 Å². The molecule has 0 aliphatic rings. The van der Waals surface area contributed by atoms with Crippen LogP contribution in [0.3, 0.4) is 0 Å². The molecule has 0 N–H and O–H groups in total. The first-order valence-electron chi connectivity index (χ1n) is 24.5. The van der Waals surface area contributed by atoms with Gasteiger partial charge in [0.1, 0.15) is 11.6 Å². The van der Waals surface area contributed by atoms with E-state index in [2.05, 4.69) is 265 Å². The zero-order chi connectivity index (χ0) is 48.5. The van der Waals surface area contributed by atoms with Crippen LogP contribution in [-0.2, 0) is 0 Å². The normalized spacial score (nSPS) is 11.3. The van der Waals surface area contributed by atoms with Crippen LogP contribution in [0.1, 0.15) is 17.2 Å². The smallest absolute Gasteiger partial charge is 0.145 e. The molecule has 3 aromatic heterocycles. The Hall–Kier alpha value is -9.39. The monoisotopic (exact) mass is 926 g/mol. The highest BCUT2D eigenvalue weighted by molar-refractivity contribution is 5.95. The Balaban J connectivity index is 1.02. The van der Waals surface area contributed by atoms with Crippen molar-refractivity contribution in [3.63, 3.8) is 0 Å². The third kappa shape index (κ3) is 8.05. The highest BCUT2D eigenvalue weighted by atomic mass is 15.3. The zero-order valence-corrected chi connectivity index (χ0v) is 40.4. The van der Waals surface area contributed by atoms with Crippen LogP contribution < -0.4 is 0 Å². The van der Waals surface area contributed by atoms with E-state index >= 15 is 0 Å². The molecule has 0 saturated heterocycles. The Morgan fingerprint density at radius 1 is 0.319 bits per heavy atom. The summed E-state index contributed by atoms with van der Waals surface area (Å²) in [7, 11) is 0. The van der Waals surface area contributed by atoms with E-state index in [1.54, 1.807) is 0 Å². The first-order chi connectivity index (χ1) is 35.5. The number of para-hydroxylation sites is 2.